The summed E-state index contributed by atoms with van der Waals surface area (Å²) in [6.07, 6.45) is 3.56. The number of rotatable bonds is 5. The van der Waals surface area contributed by atoms with E-state index in [1.54, 1.807) is 6.20 Å². The van der Waals surface area contributed by atoms with Gasteiger partial charge in [0.2, 0.25) is 5.91 Å². The van der Waals surface area contributed by atoms with Gasteiger partial charge in [0.25, 0.3) is 0 Å². The van der Waals surface area contributed by atoms with Crippen LogP contribution in [0.2, 0.25) is 0 Å². The minimum absolute atomic E-state index is 0.0350. The first-order valence-corrected chi connectivity index (χ1v) is 9.03. The first-order valence-electron chi connectivity index (χ1n) is 9.03. The van der Waals surface area contributed by atoms with Crippen LogP contribution in [0.3, 0.4) is 0 Å². The number of nitrogens with zero attached hydrogens (tertiary/aromatic N) is 2. The molecular formula is C22H22N4O. The maximum Gasteiger partial charge on any atom is 0.240 e. The van der Waals surface area contributed by atoms with Crippen LogP contribution >= 0.6 is 0 Å². The van der Waals surface area contributed by atoms with Crippen LogP contribution in [-0.2, 0) is 17.9 Å². The predicted molar refractivity (Wildman–Crippen MR) is 107 cm³/mol. The Morgan fingerprint density at radius 3 is 2.78 bits per heavy atom. The summed E-state index contributed by atoms with van der Waals surface area (Å²) in [5.41, 5.74) is 5.65. The quantitative estimate of drug-likeness (QED) is 0.567. The Kier molecular flexibility index (Phi) is 4.50. The SMILES string of the molecule is Cc1[nH]c2ccc(CNC(=O)Cn3ccnc3-c3ccccc3)cc2c1C. The molecule has 0 spiro atoms. The van der Waals surface area contributed by atoms with E-state index in [1.807, 2.05) is 47.2 Å². The number of hydrogen-bond acceptors (Lipinski definition) is 2. The van der Waals surface area contributed by atoms with Gasteiger partial charge in [0, 0.05) is 41.1 Å². The third-order valence-electron chi connectivity index (χ3n) is 4.92. The Bertz CT molecular complexity index is 1090. The van der Waals surface area contributed by atoms with Gasteiger partial charge in [-0.2, -0.15) is 0 Å². The van der Waals surface area contributed by atoms with Gasteiger partial charge in [0.1, 0.15) is 12.4 Å². The van der Waals surface area contributed by atoms with Gasteiger partial charge in [-0.1, -0.05) is 36.4 Å². The third-order valence-corrected chi connectivity index (χ3v) is 4.92. The predicted octanol–water partition coefficient (Wildman–Crippen LogP) is 3.96. The molecule has 5 heteroatoms. The zero-order chi connectivity index (χ0) is 18.8. The highest BCUT2D eigenvalue weighted by Crippen LogP contribution is 2.22. The highest BCUT2D eigenvalue weighted by Gasteiger charge is 2.10. The lowest BCUT2D eigenvalue weighted by Gasteiger charge is -2.09. The maximum atomic E-state index is 12.4. The van der Waals surface area contributed by atoms with E-state index < -0.39 is 0 Å². The number of hydrogen-bond donors (Lipinski definition) is 2. The topological polar surface area (TPSA) is 62.7 Å². The highest BCUT2D eigenvalue weighted by atomic mass is 16.1. The van der Waals surface area contributed by atoms with E-state index in [0.717, 1.165) is 22.5 Å². The fraction of sp³-hybridized carbons (Fsp3) is 0.182. The average Bonchev–Trinajstić information content (AvgIpc) is 3.25. The molecule has 0 unspecified atom stereocenters. The number of nitrogens with one attached hydrogen (secondary N) is 2. The molecule has 0 aliphatic carbocycles. The molecule has 0 bridgehead atoms. The van der Waals surface area contributed by atoms with Crippen molar-refractivity contribution in [3.8, 4) is 11.4 Å². The summed E-state index contributed by atoms with van der Waals surface area (Å²) >= 11 is 0. The van der Waals surface area contributed by atoms with Crippen molar-refractivity contribution in [2.24, 2.45) is 0 Å². The van der Waals surface area contributed by atoms with Crippen molar-refractivity contribution < 1.29 is 4.79 Å². The lowest BCUT2D eigenvalue weighted by Crippen LogP contribution is -2.27. The number of H-pyrrole nitrogens is 1. The van der Waals surface area contributed by atoms with Gasteiger partial charge >= 0.3 is 0 Å². The first kappa shape index (κ1) is 17.1. The van der Waals surface area contributed by atoms with Crippen LogP contribution in [0.4, 0.5) is 0 Å². The molecule has 1 amide bonds. The van der Waals surface area contributed by atoms with Gasteiger partial charge in [-0.15, -0.1) is 0 Å². The van der Waals surface area contributed by atoms with Crippen molar-refractivity contribution in [2.75, 3.05) is 0 Å². The van der Waals surface area contributed by atoms with Crippen molar-refractivity contribution >= 4 is 16.8 Å². The molecular weight excluding hydrogens is 336 g/mol. The van der Waals surface area contributed by atoms with Crippen LogP contribution in [0.15, 0.2) is 60.9 Å². The fourth-order valence-electron chi connectivity index (χ4n) is 3.31. The van der Waals surface area contributed by atoms with Crippen LogP contribution in [0.5, 0.6) is 0 Å². The monoisotopic (exact) mass is 358 g/mol. The molecule has 4 rings (SSSR count). The molecule has 4 aromatic rings. The second kappa shape index (κ2) is 7.11. The van der Waals surface area contributed by atoms with E-state index in [2.05, 4.69) is 41.3 Å². The molecule has 136 valence electrons. The summed E-state index contributed by atoms with van der Waals surface area (Å²) in [5.74, 6) is 0.762. The van der Waals surface area contributed by atoms with Crippen LogP contribution in [0.1, 0.15) is 16.8 Å². The number of imidazole rings is 1. The zero-order valence-corrected chi connectivity index (χ0v) is 15.5. The summed E-state index contributed by atoms with van der Waals surface area (Å²) in [7, 11) is 0. The molecule has 0 saturated heterocycles. The number of benzene rings is 2. The molecule has 2 aromatic heterocycles. The molecule has 27 heavy (non-hydrogen) atoms. The van der Waals surface area contributed by atoms with Gasteiger partial charge in [0.05, 0.1) is 0 Å². The van der Waals surface area contributed by atoms with Crippen molar-refractivity contribution in [2.45, 2.75) is 26.9 Å². The van der Waals surface area contributed by atoms with Gasteiger partial charge < -0.3 is 14.9 Å². The average molecular weight is 358 g/mol. The Hall–Kier alpha value is -3.34. The number of fused-ring (bicyclic) bond motifs is 1. The van der Waals surface area contributed by atoms with Crippen molar-refractivity contribution in [3.05, 3.63) is 77.7 Å². The molecule has 0 saturated carbocycles. The second-order valence-corrected chi connectivity index (χ2v) is 6.78. The Labute approximate surface area is 158 Å². The fourth-order valence-corrected chi connectivity index (χ4v) is 3.31. The van der Waals surface area contributed by atoms with E-state index in [-0.39, 0.29) is 12.5 Å². The zero-order valence-electron chi connectivity index (χ0n) is 15.5. The van der Waals surface area contributed by atoms with E-state index in [1.165, 1.54) is 16.6 Å². The van der Waals surface area contributed by atoms with Crippen LogP contribution < -0.4 is 5.32 Å². The van der Waals surface area contributed by atoms with Crippen LogP contribution in [-0.4, -0.2) is 20.4 Å². The van der Waals surface area contributed by atoms with Crippen molar-refractivity contribution in [1.82, 2.24) is 19.9 Å². The molecule has 0 atom stereocenters. The number of carbonyl (C=O) groups excluding carboxylic acids is 1. The lowest BCUT2D eigenvalue weighted by molar-refractivity contribution is -0.121. The van der Waals surface area contributed by atoms with Crippen molar-refractivity contribution in [1.29, 1.82) is 0 Å². The van der Waals surface area contributed by atoms with Crippen LogP contribution in [0, 0.1) is 13.8 Å². The van der Waals surface area contributed by atoms with E-state index >= 15 is 0 Å². The smallest absolute Gasteiger partial charge is 0.240 e. The van der Waals surface area contributed by atoms with Crippen LogP contribution in [0.25, 0.3) is 22.3 Å². The standard InChI is InChI=1S/C22H22N4O/c1-15-16(2)25-20-9-8-17(12-19(15)20)13-24-21(27)14-26-11-10-23-22(26)18-6-4-3-5-7-18/h3-12,25H,13-14H2,1-2H3,(H,24,27). The largest absolute Gasteiger partial charge is 0.358 e. The van der Waals surface area contributed by atoms with E-state index in [4.69, 9.17) is 0 Å². The molecule has 2 aromatic carbocycles. The number of aromatic amines is 1. The molecule has 0 aliphatic heterocycles. The molecule has 0 aliphatic rings. The van der Waals surface area contributed by atoms with E-state index in [0.29, 0.717) is 6.54 Å². The number of aryl methyl sites for hydroxylation is 2. The van der Waals surface area contributed by atoms with Gasteiger partial charge in [-0.25, -0.2) is 4.98 Å². The number of amides is 1. The van der Waals surface area contributed by atoms with E-state index in [9.17, 15) is 4.79 Å². The summed E-state index contributed by atoms with van der Waals surface area (Å²) in [6.45, 7) is 4.94. The molecule has 2 N–H and O–H groups in total. The van der Waals surface area contributed by atoms with Gasteiger partial charge in [-0.05, 0) is 37.1 Å². The first-order chi connectivity index (χ1) is 13.1. The minimum atomic E-state index is -0.0350. The lowest BCUT2D eigenvalue weighted by atomic mass is 10.1. The highest BCUT2D eigenvalue weighted by molar-refractivity contribution is 5.85. The second-order valence-electron chi connectivity index (χ2n) is 6.78. The normalized spacial score (nSPS) is 11.0. The Balaban J connectivity index is 1.44. The minimum Gasteiger partial charge on any atom is -0.358 e. The summed E-state index contributed by atoms with van der Waals surface area (Å²) in [6, 6.07) is 16.1. The number of aromatic nitrogens is 3. The van der Waals surface area contributed by atoms with Gasteiger partial charge in [-0.3, -0.25) is 4.79 Å². The third kappa shape index (κ3) is 3.49. The summed E-state index contributed by atoms with van der Waals surface area (Å²) < 4.78 is 1.87. The van der Waals surface area contributed by atoms with Crippen molar-refractivity contribution in [3.63, 3.8) is 0 Å². The number of carbonyl (C=O) groups is 1. The Morgan fingerprint density at radius 1 is 1.15 bits per heavy atom. The van der Waals surface area contributed by atoms with Gasteiger partial charge in [0.15, 0.2) is 0 Å². The molecule has 0 fully saturated rings. The maximum absolute atomic E-state index is 12.4. The molecule has 2 heterocycles. The Morgan fingerprint density at radius 2 is 1.96 bits per heavy atom. The summed E-state index contributed by atoms with van der Waals surface area (Å²) in [4.78, 5) is 20.2. The molecule has 5 nitrogen and oxygen atoms in total. The summed E-state index contributed by atoms with van der Waals surface area (Å²) in [5, 5.41) is 4.22. The molecule has 0 radical (unpaired) electrons.